The van der Waals surface area contributed by atoms with Crippen molar-refractivity contribution in [1.29, 1.82) is 0 Å². The lowest BCUT2D eigenvalue weighted by Crippen LogP contribution is -2.61. The molecule has 114 valence electrons. The van der Waals surface area contributed by atoms with Crippen molar-refractivity contribution in [3.8, 4) is 0 Å². The molecule has 2 aliphatic rings. The zero-order valence-electron chi connectivity index (χ0n) is 12.1. The van der Waals surface area contributed by atoms with Gasteiger partial charge in [0.1, 0.15) is 0 Å². The Morgan fingerprint density at radius 2 is 2.29 bits per heavy atom. The van der Waals surface area contributed by atoms with Gasteiger partial charge in [0, 0.05) is 26.0 Å². The third-order valence-corrected chi connectivity index (χ3v) is 4.40. The van der Waals surface area contributed by atoms with Crippen LogP contribution in [0.1, 0.15) is 32.1 Å². The number of hydrogen-bond donors (Lipinski definition) is 2. The number of carbonyl (C=O) groups is 1. The molecule has 7 heteroatoms. The largest absolute Gasteiger partial charge is 0.376 e. The molecule has 2 N–H and O–H groups in total. The van der Waals surface area contributed by atoms with Crippen molar-refractivity contribution in [2.45, 2.75) is 43.7 Å². The summed E-state index contributed by atoms with van der Waals surface area (Å²) in [6.45, 7) is 0.760. The summed E-state index contributed by atoms with van der Waals surface area (Å²) in [4.78, 5) is 27.9. The van der Waals surface area contributed by atoms with Gasteiger partial charge >= 0.3 is 6.03 Å². The van der Waals surface area contributed by atoms with Crippen molar-refractivity contribution in [1.82, 2.24) is 14.9 Å². The first kappa shape index (κ1) is 14.1. The van der Waals surface area contributed by atoms with Crippen molar-refractivity contribution in [2.75, 3.05) is 11.9 Å². The standard InChI is InChI=1S/C14H20N4O3/c1-18-8-7-15-11(12(18)19)16-13(20)17-14(5-3-6-14)10-4-2-9-21-10/h7-8,10H,2-6,9H2,1H3,(H2,15,16,17,20). The van der Waals surface area contributed by atoms with E-state index in [1.54, 1.807) is 13.2 Å². The summed E-state index contributed by atoms with van der Waals surface area (Å²) < 4.78 is 7.11. The lowest BCUT2D eigenvalue weighted by Gasteiger charge is -2.46. The fraction of sp³-hybridized carbons (Fsp3) is 0.643. The number of nitrogens with one attached hydrogen (secondary N) is 2. The van der Waals surface area contributed by atoms with Crippen LogP contribution in [-0.2, 0) is 11.8 Å². The Morgan fingerprint density at radius 1 is 1.48 bits per heavy atom. The molecular formula is C14H20N4O3. The summed E-state index contributed by atoms with van der Waals surface area (Å²) in [5.74, 6) is 0.0410. The van der Waals surface area contributed by atoms with Gasteiger partial charge in [0.2, 0.25) is 5.82 Å². The molecule has 1 aliphatic carbocycles. The van der Waals surface area contributed by atoms with E-state index in [-0.39, 0.29) is 29.1 Å². The number of amides is 2. The van der Waals surface area contributed by atoms with Gasteiger partial charge in [-0.15, -0.1) is 0 Å². The van der Waals surface area contributed by atoms with Gasteiger partial charge in [0.25, 0.3) is 5.56 Å². The second-order valence-electron chi connectivity index (χ2n) is 5.78. The van der Waals surface area contributed by atoms with Crippen molar-refractivity contribution >= 4 is 11.8 Å². The summed E-state index contributed by atoms with van der Waals surface area (Å²) >= 11 is 0. The van der Waals surface area contributed by atoms with Crippen LogP contribution < -0.4 is 16.2 Å². The normalized spacial score (nSPS) is 23.4. The number of ether oxygens (including phenoxy) is 1. The average molecular weight is 292 g/mol. The van der Waals surface area contributed by atoms with Gasteiger partial charge in [-0.3, -0.25) is 10.1 Å². The van der Waals surface area contributed by atoms with Crippen LogP contribution in [0.5, 0.6) is 0 Å². The summed E-state index contributed by atoms with van der Waals surface area (Å²) in [5.41, 5.74) is -0.604. The van der Waals surface area contributed by atoms with Gasteiger partial charge in [-0.25, -0.2) is 9.78 Å². The van der Waals surface area contributed by atoms with Crippen LogP contribution in [0.4, 0.5) is 10.6 Å². The van der Waals surface area contributed by atoms with Gasteiger partial charge < -0.3 is 14.6 Å². The van der Waals surface area contributed by atoms with E-state index in [1.165, 1.54) is 10.8 Å². The summed E-state index contributed by atoms with van der Waals surface area (Å²) in [6, 6.07) is -0.388. The van der Waals surface area contributed by atoms with Crippen LogP contribution in [0, 0.1) is 0 Å². The zero-order chi connectivity index (χ0) is 14.9. The van der Waals surface area contributed by atoms with Gasteiger partial charge in [-0.2, -0.15) is 0 Å². The van der Waals surface area contributed by atoms with E-state index in [2.05, 4.69) is 15.6 Å². The SMILES string of the molecule is Cn1ccnc(NC(=O)NC2(C3CCCO3)CCC2)c1=O. The molecule has 2 amide bonds. The third-order valence-electron chi connectivity index (χ3n) is 4.40. The first-order valence-electron chi connectivity index (χ1n) is 7.33. The number of aromatic nitrogens is 2. The minimum atomic E-state index is -0.388. The average Bonchev–Trinajstić information content (AvgIpc) is 2.93. The molecule has 21 heavy (non-hydrogen) atoms. The molecule has 1 aliphatic heterocycles. The number of anilines is 1. The van der Waals surface area contributed by atoms with E-state index < -0.39 is 0 Å². The van der Waals surface area contributed by atoms with E-state index in [1.807, 2.05) is 0 Å². The van der Waals surface area contributed by atoms with Crippen LogP contribution in [0.2, 0.25) is 0 Å². The number of hydrogen-bond acceptors (Lipinski definition) is 4. The quantitative estimate of drug-likeness (QED) is 0.870. The molecule has 1 unspecified atom stereocenters. The molecule has 1 aromatic rings. The molecule has 3 rings (SSSR count). The van der Waals surface area contributed by atoms with Gasteiger partial charge in [0.05, 0.1) is 11.6 Å². The van der Waals surface area contributed by atoms with Gasteiger partial charge in [-0.05, 0) is 32.1 Å². The Kier molecular flexibility index (Phi) is 3.67. The van der Waals surface area contributed by atoms with Crippen molar-refractivity contribution in [3.05, 3.63) is 22.7 Å². The van der Waals surface area contributed by atoms with Gasteiger partial charge in [0.15, 0.2) is 0 Å². The molecule has 2 fully saturated rings. The highest BCUT2D eigenvalue weighted by molar-refractivity contribution is 5.88. The maximum absolute atomic E-state index is 12.2. The molecule has 7 nitrogen and oxygen atoms in total. The highest BCUT2D eigenvalue weighted by Crippen LogP contribution is 2.40. The van der Waals surface area contributed by atoms with Crippen LogP contribution >= 0.6 is 0 Å². The first-order chi connectivity index (χ1) is 10.1. The maximum Gasteiger partial charge on any atom is 0.321 e. The fourth-order valence-corrected chi connectivity index (χ4v) is 3.05. The Hall–Kier alpha value is -1.89. The molecule has 0 bridgehead atoms. The third kappa shape index (κ3) is 2.65. The highest BCUT2D eigenvalue weighted by atomic mass is 16.5. The molecule has 1 atom stereocenters. The van der Waals surface area contributed by atoms with Crippen LogP contribution in [0.15, 0.2) is 17.2 Å². The molecule has 0 spiro atoms. The summed E-state index contributed by atoms with van der Waals surface area (Å²) in [7, 11) is 1.62. The van der Waals surface area contributed by atoms with E-state index in [9.17, 15) is 9.59 Å². The van der Waals surface area contributed by atoms with E-state index in [0.29, 0.717) is 0 Å². The molecule has 1 aromatic heterocycles. The number of aryl methyl sites for hydroxylation is 1. The number of nitrogens with zero attached hydrogens (tertiary/aromatic N) is 2. The minimum Gasteiger partial charge on any atom is -0.376 e. The lowest BCUT2D eigenvalue weighted by atomic mass is 9.72. The highest BCUT2D eigenvalue weighted by Gasteiger charge is 2.47. The Balaban J connectivity index is 1.68. The molecular weight excluding hydrogens is 272 g/mol. The molecule has 1 saturated carbocycles. The Labute approximate surface area is 122 Å². The van der Waals surface area contributed by atoms with E-state index in [0.717, 1.165) is 38.7 Å². The van der Waals surface area contributed by atoms with Crippen LogP contribution in [-0.4, -0.2) is 33.8 Å². The zero-order valence-corrected chi connectivity index (χ0v) is 12.1. The topological polar surface area (TPSA) is 85.2 Å². The fourth-order valence-electron chi connectivity index (χ4n) is 3.05. The summed E-state index contributed by atoms with van der Waals surface area (Å²) in [6.07, 6.45) is 8.06. The maximum atomic E-state index is 12.2. The molecule has 1 saturated heterocycles. The second-order valence-corrected chi connectivity index (χ2v) is 5.78. The Bertz CT molecular complexity index is 588. The number of urea groups is 1. The Morgan fingerprint density at radius 3 is 2.90 bits per heavy atom. The van der Waals surface area contributed by atoms with Crippen molar-refractivity contribution in [3.63, 3.8) is 0 Å². The first-order valence-corrected chi connectivity index (χ1v) is 7.33. The molecule has 0 radical (unpaired) electrons. The lowest BCUT2D eigenvalue weighted by molar-refractivity contribution is -0.00568. The monoisotopic (exact) mass is 292 g/mol. The predicted molar refractivity (Wildman–Crippen MR) is 77.2 cm³/mol. The second kappa shape index (κ2) is 5.48. The smallest absolute Gasteiger partial charge is 0.321 e. The van der Waals surface area contributed by atoms with Crippen molar-refractivity contribution in [2.24, 2.45) is 7.05 Å². The van der Waals surface area contributed by atoms with Gasteiger partial charge in [-0.1, -0.05) is 0 Å². The number of rotatable bonds is 3. The number of carbonyl (C=O) groups excluding carboxylic acids is 1. The van der Waals surface area contributed by atoms with E-state index >= 15 is 0 Å². The van der Waals surface area contributed by atoms with E-state index in [4.69, 9.17) is 4.74 Å². The summed E-state index contributed by atoms with van der Waals surface area (Å²) in [5, 5.41) is 5.55. The van der Waals surface area contributed by atoms with Crippen LogP contribution in [0.25, 0.3) is 0 Å². The molecule has 0 aromatic carbocycles. The van der Waals surface area contributed by atoms with Crippen molar-refractivity contribution < 1.29 is 9.53 Å². The predicted octanol–water partition coefficient (Wildman–Crippen LogP) is 1.00. The van der Waals surface area contributed by atoms with Crippen LogP contribution in [0.3, 0.4) is 0 Å². The molecule has 2 heterocycles. The minimum absolute atomic E-state index is 0.0410.